The Morgan fingerprint density at radius 3 is 2.53 bits per heavy atom. The second kappa shape index (κ2) is 8.68. The molecule has 3 N–H and O–H groups in total. The molecule has 4 heteroatoms. The van der Waals surface area contributed by atoms with Gasteiger partial charge < -0.3 is 11.1 Å². The van der Waals surface area contributed by atoms with Crippen LogP contribution in [0.5, 0.6) is 0 Å². The van der Waals surface area contributed by atoms with Gasteiger partial charge in [-0.1, -0.05) is 27.2 Å². The average Bonchev–Trinajstić information content (AvgIpc) is 2.12. The molecule has 0 rings (SSSR count). The van der Waals surface area contributed by atoms with Gasteiger partial charge in [0.25, 0.3) is 0 Å². The maximum atomic E-state index is 10.8. The van der Waals surface area contributed by atoms with Gasteiger partial charge in [-0.15, -0.1) is 0 Å². The Hall–Kier alpha value is -0.610. The molecule has 0 atom stereocenters. The van der Waals surface area contributed by atoms with E-state index in [4.69, 9.17) is 5.73 Å². The van der Waals surface area contributed by atoms with Crippen molar-refractivity contribution >= 4 is 5.91 Å². The zero-order valence-corrected chi connectivity index (χ0v) is 10.3. The first-order valence-electron chi connectivity index (χ1n) is 5.80. The van der Waals surface area contributed by atoms with Crippen LogP contribution >= 0.6 is 0 Å². The first kappa shape index (κ1) is 14.4. The summed E-state index contributed by atoms with van der Waals surface area (Å²) in [5.41, 5.74) is 5.20. The number of unbranched alkanes of at least 4 members (excludes halogenated alkanes) is 1. The second-order valence-electron chi connectivity index (χ2n) is 4.20. The molecule has 0 aliphatic carbocycles. The number of nitrogens with one attached hydrogen (secondary N) is 1. The number of amides is 1. The smallest absolute Gasteiger partial charge is 0.231 e. The van der Waals surface area contributed by atoms with Crippen molar-refractivity contribution in [1.82, 2.24) is 10.2 Å². The number of nitrogens with two attached hydrogens (primary N) is 1. The molecular formula is C11H25N3O. The highest BCUT2D eigenvalue weighted by atomic mass is 16.1. The van der Waals surface area contributed by atoms with Crippen LogP contribution in [-0.4, -0.2) is 43.0 Å². The van der Waals surface area contributed by atoms with Crippen LogP contribution < -0.4 is 11.1 Å². The van der Waals surface area contributed by atoms with Crippen molar-refractivity contribution in [2.24, 2.45) is 5.73 Å². The summed E-state index contributed by atoms with van der Waals surface area (Å²) < 4.78 is 0. The molecule has 4 nitrogen and oxygen atoms in total. The van der Waals surface area contributed by atoms with E-state index in [0.29, 0.717) is 12.6 Å². The highest BCUT2D eigenvalue weighted by molar-refractivity contribution is 5.75. The average molecular weight is 215 g/mol. The molecule has 0 aliphatic heterocycles. The largest absolute Gasteiger partial charge is 0.369 e. The molecule has 1 amide bonds. The molecule has 90 valence electrons. The lowest BCUT2D eigenvalue weighted by molar-refractivity contribution is -0.119. The van der Waals surface area contributed by atoms with Crippen LogP contribution in [0.1, 0.15) is 33.6 Å². The van der Waals surface area contributed by atoms with Gasteiger partial charge in [0.15, 0.2) is 0 Å². The minimum atomic E-state index is -0.240. The van der Waals surface area contributed by atoms with Gasteiger partial charge in [-0.05, 0) is 13.0 Å². The van der Waals surface area contributed by atoms with E-state index in [0.717, 1.165) is 32.5 Å². The molecule has 0 unspecified atom stereocenters. The van der Waals surface area contributed by atoms with Crippen LogP contribution in [0.3, 0.4) is 0 Å². The first-order valence-corrected chi connectivity index (χ1v) is 5.80. The van der Waals surface area contributed by atoms with Crippen molar-refractivity contribution in [2.45, 2.75) is 39.7 Å². The SMILES string of the molecule is CCCCN(CCNC(C)C)CC(N)=O. The van der Waals surface area contributed by atoms with Crippen molar-refractivity contribution in [3.63, 3.8) is 0 Å². The summed E-state index contributed by atoms with van der Waals surface area (Å²) in [6, 6.07) is 0.492. The predicted molar refractivity (Wildman–Crippen MR) is 63.7 cm³/mol. The molecule has 0 aliphatic rings. The Labute approximate surface area is 93.2 Å². The van der Waals surface area contributed by atoms with Crippen LogP contribution in [0.15, 0.2) is 0 Å². The highest BCUT2D eigenvalue weighted by Crippen LogP contribution is 1.94. The molecule has 0 fully saturated rings. The second-order valence-corrected chi connectivity index (χ2v) is 4.20. The van der Waals surface area contributed by atoms with Crippen LogP contribution in [0, 0.1) is 0 Å². The Balaban J connectivity index is 3.73. The molecular weight excluding hydrogens is 190 g/mol. The lowest BCUT2D eigenvalue weighted by Crippen LogP contribution is -2.40. The van der Waals surface area contributed by atoms with E-state index in [1.165, 1.54) is 0 Å². The van der Waals surface area contributed by atoms with Crippen molar-refractivity contribution in [1.29, 1.82) is 0 Å². The lowest BCUT2D eigenvalue weighted by Gasteiger charge is -2.21. The fourth-order valence-electron chi connectivity index (χ4n) is 1.38. The topological polar surface area (TPSA) is 58.4 Å². The monoisotopic (exact) mass is 215 g/mol. The maximum absolute atomic E-state index is 10.8. The Morgan fingerprint density at radius 2 is 2.07 bits per heavy atom. The summed E-state index contributed by atoms with van der Waals surface area (Å²) in [6.07, 6.45) is 2.27. The molecule has 0 heterocycles. The van der Waals surface area contributed by atoms with Gasteiger partial charge in [-0.2, -0.15) is 0 Å². The van der Waals surface area contributed by atoms with E-state index in [1.54, 1.807) is 0 Å². The summed E-state index contributed by atoms with van der Waals surface area (Å²) in [7, 11) is 0. The third kappa shape index (κ3) is 9.69. The molecule has 0 bridgehead atoms. The van der Waals surface area contributed by atoms with Gasteiger partial charge in [0.05, 0.1) is 6.54 Å². The highest BCUT2D eigenvalue weighted by Gasteiger charge is 2.07. The molecule has 0 spiro atoms. The zero-order valence-electron chi connectivity index (χ0n) is 10.3. The normalized spacial score (nSPS) is 11.3. The van der Waals surface area contributed by atoms with E-state index in [9.17, 15) is 4.79 Å². The minimum absolute atomic E-state index is 0.240. The fourth-order valence-corrected chi connectivity index (χ4v) is 1.38. The zero-order chi connectivity index (χ0) is 11.7. The summed E-state index contributed by atoms with van der Waals surface area (Å²) >= 11 is 0. The van der Waals surface area contributed by atoms with E-state index in [2.05, 4.69) is 31.0 Å². The molecule has 0 saturated heterocycles. The maximum Gasteiger partial charge on any atom is 0.231 e. The van der Waals surface area contributed by atoms with E-state index < -0.39 is 0 Å². The van der Waals surface area contributed by atoms with Crippen molar-refractivity contribution < 1.29 is 4.79 Å². The molecule has 0 saturated carbocycles. The van der Waals surface area contributed by atoms with Gasteiger partial charge in [-0.25, -0.2) is 0 Å². The predicted octanol–water partition coefficient (Wildman–Crippen LogP) is 0.572. The van der Waals surface area contributed by atoms with Gasteiger partial charge in [-0.3, -0.25) is 9.69 Å². The van der Waals surface area contributed by atoms with Gasteiger partial charge >= 0.3 is 0 Å². The van der Waals surface area contributed by atoms with Gasteiger partial charge in [0.2, 0.25) is 5.91 Å². The standard InChI is InChI=1S/C11H25N3O/c1-4-5-7-14(9-11(12)15)8-6-13-10(2)3/h10,13H,4-9H2,1-3H3,(H2,12,15). The summed E-state index contributed by atoms with van der Waals surface area (Å²) in [6.45, 7) is 9.51. The van der Waals surface area contributed by atoms with Crippen LogP contribution in [0.4, 0.5) is 0 Å². The lowest BCUT2D eigenvalue weighted by atomic mass is 10.3. The quantitative estimate of drug-likeness (QED) is 0.591. The molecule has 15 heavy (non-hydrogen) atoms. The fraction of sp³-hybridized carbons (Fsp3) is 0.909. The summed E-state index contributed by atoms with van der Waals surface area (Å²) in [5.74, 6) is -0.240. The van der Waals surface area contributed by atoms with E-state index >= 15 is 0 Å². The van der Waals surface area contributed by atoms with Crippen molar-refractivity contribution in [2.75, 3.05) is 26.2 Å². The number of nitrogens with zero attached hydrogens (tertiary/aromatic N) is 1. The van der Waals surface area contributed by atoms with Crippen LogP contribution in [-0.2, 0) is 4.79 Å². The number of carbonyl (C=O) groups is 1. The van der Waals surface area contributed by atoms with Crippen LogP contribution in [0.2, 0.25) is 0 Å². The molecule has 0 aromatic carbocycles. The molecule has 0 radical (unpaired) electrons. The number of primary amides is 1. The van der Waals surface area contributed by atoms with E-state index in [1.807, 2.05) is 0 Å². The van der Waals surface area contributed by atoms with Gasteiger partial charge in [0.1, 0.15) is 0 Å². The molecule has 0 aromatic heterocycles. The number of carbonyl (C=O) groups excluding carboxylic acids is 1. The third-order valence-electron chi connectivity index (χ3n) is 2.19. The van der Waals surface area contributed by atoms with Gasteiger partial charge in [0, 0.05) is 19.1 Å². The number of hydrogen-bond donors (Lipinski definition) is 2. The number of hydrogen-bond acceptors (Lipinski definition) is 3. The van der Waals surface area contributed by atoms with E-state index in [-0.39, 0.29) is 5.91 Å². The minimum Gasteiger partial charge on any atom is -0.369 e. The van der Waals surface area contributed by atoms with Crippen molar-refractivity contribution in [3.05, 3.63) is 0 Å². The first-order chi connectivity index (χ1) is 7.06. The van der Waals surface area contributed by atoms with Crippen molar-refractivity contribution in [3.8, 4) is 0 Å². The third-order valence-corrected chi connectivity index (χ3v) is 2.19. The Bertz CT molecular complexity index is 171. The summed E-state index contributed by atoms with van der Waals surface area (Å²) in [5, 5.41) is 3.33. The Kier molecular flexibility index (Phi) is 8.33. The Morgan fingerprint density at radius 1 is 1.40 bits per heavy atom. The molecule has 0 aromatic rings. The number of rotatable bonds is 9. The van der Waals surface area contributed by atoms with Crippen LogP contribution in [0.25, 0.3) is 0 Å². The summed E-state index contributed by atoms with van der Waals surface area (Å²) in [4.78, 5) is 12.9.